The smallest absolute Gasteiger partial charge is 0.252 e. The molecule has 0 bridgehead atoms. The van der Waals surface area contributed by atoms with Crippen LogP contribution in [0, 0.1) is 0 Å². The first-order chi connectivity index (χ1) is 48.8. The van der Waals surface area contributed by atoms with Crippen molar-refractivity contribution < 1.29 is 0 Å². The largest absolute Gasteiger partial charge is 0.311 e. The van der Waals surface area contributed by atoms with E-state index in [1.807, 2.05) is 0 Å². The number of fused-ring (bicyclic) bond motifs is 22. The molecule has 0 aliphatic carbocycles. The second-order valence-corrected chi connectivity index (χ2v) is 28.3. The number of para-hydroxylation sites is 2. The molecule has 4 heterocycles. The Morgan fingerprint density at radius 2 is 0.606 bits per heavy atom. The number of anilines is 6. The average molecular weight is 1260 g/mol. The molecular weight excluding hydrogens is 1200 g/mol. The van der Waals surface area contributed by atoms with Crippen molar-refractivity contribution in [2.75, 3.05) is 9.80 Å². The van der Waals surface area contributed by atoms with E-state index in [2.05, 4.69) is 367 Å². The SMILES string of the molecule is CC(C)(C)c1cc2c3c(c1)N(c1ccccc1)c1cc(-n4c5ccc(-c6ccc7ccccc7c6)cc5c5c6ccccc6c6ccccc6c54)ccc1B3c1ccc(-n3c4ccc(-c5ccc6ccccc6c5)cc4c4c5ccccc5c5ccccc5c43)cc1N2c1ccccc1. The highest BCUT2D eigenvalue weighted by atomic mass is 15.2. The minimum absolute atomic E-state index is 0.142. The zero-order valence-corrected chi connectivity index (χ0v) is 55.0. The molecule has 2 aliphatic heterocycles. The molecule has 19 aromatic rings. The first-order valence-electron chi connectivity index (χ1n) is 34.7. The van der Waals surface area contributed by atoms with Gasteiger partial charge in [-0.25, -0.2) is 0 Å². The molecule has 99 heavy (non-hydrogen) atoms. The Kier molecular flexibility index (Phi) is 11.9. The maximum Gasteiger partial charge on any atom is 0.252 e. The van der Waals surface area contributed by atoms with E-state index in [0.29, 0.717) is 0 Å². The average Bonchev–Trinajstić information content (AvgIpc) is 1.51. The lowest BCUT2D eigenvalue weighted by molar-refractivity contribution is 0.590. The van der Waals surface area contributed by atoms with Crippen LogP contribution in [0.3, 0.4) is 0 Å². The summed E-state index contributed by atoms with van der Waals surface area (Å²) in [5.41, 5.74) is 23.6. The Bertz CT molecular complexity index is 6280. The van der Waals surface area contributed by atoms with Crippen molar-refractivity contribution >= 4 is 165 Å². The van der Waals surface area contributed by atoms with Gasteiger partial charge in [0.25, 0.3) is 6.71 Å². The fraction of sp³-hybridized carbons (Fsp3) is 0.0426. The summed E-state index contributed by atoms with van der Waals surface area (Å²) < 4.78 is 5.17. The minimum atomic E-state index is -0.215. The molecular formula is C94H63BN4. The van der Waals surface area contributed by atoms with E-state index < -0.39 is 0 Å². The number of hydrogen-bond acceptors (Lipinski definition) is 2. The van der Waals surface area contributed by atoms with E-state index in [1.54, 1.807) is 0 Å². The summed E-state index contributed by atoms with van der Waals surface area (Å²) in [5, 5.41) is 19.9. The van der Waals surface area contributed by atoms with Crippen LogP contribution in [0.2, 0.25) is 0 Å². The standard InChI is InChI=1S/C94H63BN4/c1-94(2,3)66-54-87-91-88(55-66)97(68-28-8-5-9-29-68)86-57-70(99-84-49-43-65(63-41-39-59-23-11-13-25-61(59)51-63)53-80(84)90-76-35-19-15-31-72(76)74-33-17-21-37-78(74)93(90)99)45-47-82(86)95(91)81-46-44-69(56-85(81)96(87)67-26-6-4-7-27-67)98-83-48-42-64(62-40-38-58-22-10-12-24-60(58)50-62)52-79(83)89-75-34-18-14-30-71(75)73-32-16-20-36-77(73)92(89)98/h4-57H,1-3H3. The van der Waals surface area contributed by atoms with Gasteiger partial charge in [0, 0.05) is 77.8 Å². The summed E-state index contributed by atoms with van der Waals surface area (Å²) in [6.45, 7) is 6.96. The number of hydrogen-bond donors (Lipinski definition) is 0. The molecule has 0 fully saturated rings. The second kappa shape index (κ2) is 21.0. The lowest BCUT2D eigenvalue weighted by Gasteiger charge is -2.45. The van der Waals surface area contributed by atoms with Gasteiger partial charge in [-0.2, -0.15) is 0 Å². The normalized spacial score (nSPS) is 12.9. The van der Waals surface area contributed by atoms with Gasteiger partial charge in [-0.05, 0) is 201 Å². The van der Waals surface area contributed by atoms with Crippen LogP contribution in [0.15, 0.2) is 328 Å². The van der Waals surface area contributed by atoms with E-state index in [4.69, 9.17) is 0 Å². The topological polar surface area (TPSA) is 16.3 Å². The van der Waals surface area contributed by atoms with E-state index in [1.165, 1.54) is 164 Å². The third-order valence-electron chi connectivity index (χ3n) is 21.9. The van der Waals surface area contributed by atoms with Crippen LogP contribution >= 0.6 is 0 Å². The number of rotatable bonds is 6. The molecule has 0 amide bonds. The summed E-state index contributed by atoms with van der Waals surface area (Å²) in [5.74, 6) is 0. The van der Waals surface area contributed by atoms with Gasteiger partial charge in [0.15, 0.2) is 0 Å². The maximum atomic E-state index is 2.59. The maximum absolute atomic E-state index is 2.59. The van der Waals surface area contributed by atoms with Crippen LogP contribution in [0.1, 0.15) is 26.3 Å². The number of nitrogens with zero attached hydrogens (tertiary/aromatic N) is 4. The molecule has 5 heteroatoms. The fourth-order valence-electron chi connectivity index (χ4n) is 17.4. The van der Waals surface area contributed by atoms with Gasteiger partial charge < -0.3 is 18.9 Å². The van der Waals surface area contributed by atoms with Crippen LogP contribution in [0.25, 0.3) is 142 Å². The molecule has 0 atom stereocenters. The Hall–Kier alpha value is -12.4. The molecule has 0 N–H and O–H groups in total. The van der Waals surface area contributed by atoms with Crippen molar-refractivity contribution in [3.8, 4) is 33.6 Å². The van der Waals surface area contributed by atoms with Gasteiger partial charge in [0.05, 0.1) is 22.1 Å². The van der Waals surface area contributed by atoms with Gasteiger partial charge in [-0.3, -0.25) is 0 Å². The van der Waals surface area contributed by atoms with Crippen LogP contribution in [0.4, 0.5) is 34.1 Å². The molecule has 0 saturated carbocycles. The zero-order valence-electron chi connectivity index (χ0n) is 55.0. The van der Waals surface area contributed by atoms with Gasteiger partial charge in [-0.1, -0.05) is 251 Å². The lowest BCUT2D eigenvalue weighted by atomic mass is 9.33. The summed E-state index contributed by atoms with van der Waals surface area (Å²) in [4.78, 5) is 5.18. The van der Waals surface area contributed by atoms with Crippen LogP contribution < -0.4 is 26.2 Å². The second-order valence-electron chi connectivity index (χ2n) is 28.3. The molecule has 17 aromatic carbocycles. The summed E-state index contributed by atoms with van der Waals surface area (Å²) in [6, 6.07) is 124. The Balaban J connectivity index is 0.838. The zero-order chi connectivity index (χ0) is 65.4. The van der Waals surface area contributed by atoms with Gasteiger partial charge in [-0.15, -0.1) is 0 Å². The monoisotopic (exact) mass is 1260 g/mol. The van der Waals surface area contributed by atoms with Crippen molar-refractivity contribution in [1.29, 1.82) is 0 Å². The predicted octanol–water partition coefficient (Wildman–Crippen LogP) is 23.5. The quantitative estimate of drug-likeness (QED) is 0.122. The summed E-state index contributed by atoms with van der Waals surface area (Å²) in [7, 11) is 0. The summed E-state index contributed by atoms with van der Waals surface area (Å²) >= 11 is 0. The molecule has 4 nitrogen and oxygen atoms in total. The van der Waals surface area contributed by atoms with Gasteiger partial charge in [0.1, 0.15) is 0 Å². The van der Waals surface area contributed by atoms with Crippen LogP contribution in [-0.2, 0) is 5.41 Å². The van der Waals surface area contributed by atoms with Crippen LogP contribution in [-0.4, -0.2) is 15.8 Å². The third kappa shape index (κ3) is 8.22. The number of aromatic nitrogens is 2. The van der Waals surface area contributed by atoms with E-state index in [0.717, 1.165) is 34.1 Å². The highest BCUT2D eigenvalue weighted by Gasteiger charge is 2.45. The molecule has 462 valence electrons. The van der Waals surface area contributed by atoms with E-state index in [-0.39, 0.29) is 12.1 Å². The fourth-order valence-corrected chi connectivity index (χ4v) is 17.4. The van der Waals surface area contributed by atoms with Crippen molar-refractivity contribution in [3.63, 3.8) is 0 Å². The van der Waals surface area contributed by atoms with E-state index >= 15 is 0 Å². The first-order valence-corrected chi connectivity index (χ1v) is 34.7. The Labute approximate surface area is 573 Å². The molecule has 21 rings (SSSR count). The van der Waals surface area contributed by atoms with Crippen molar-refractivity contribution in [3.05, 3.63) is 333 Å². The molecule has 2 aromatic heterocycles. The third-order valence-corrected chi connectivity index (χ3v) is 21.9. The highest BCUT2D eigenvalue weighted by molar-refractivity contribution is 7.00. The summed E-state index contributed by atoms with van der Waals surface area (Å²) in [6.07, 6.45) is 0. The van der Waals surface area contributed by atoms with Crippen molar-refractivity contribution in [1.82, 2.24) is 9.13 Å². The van der Waals surface area contributed by atoms with Gasteiger partial charge >= 0.3 is 0 Å². The van der Waals surface area contributed by atoms with Crippen molar-refractivity contribution in [2.24, 2.45) is 0 Å². The Morgan fingerprint density at radius 3 is 1.03 bits per heavy atom. The Morgan fingerprint density at radius 1 is 0.253 bits per heavy atom. The predicted molar refractivity (Wildman–Crippen MR) is 424 cm³/mol. The molecule has 0 radical (unpaired) electrons. The van der Waals surface area contributed by atoms with Crippen molar-refractivity contribution in [2.45, 2.75) is 26.2 Å². The van der Waals surface area contributed by atoms with Gasteiger partial charge in [0.2, 0.25) is 0 Å². The lowest BCUT2D eigenvalue weighted by Crippen LogP contribution is -2.61. The van der Waals surface area contributed by atoms with E-state index in [9.17, 15) is 0 Å². The molecule has 2 aliphatic rings. The first kappa shape index (κ1) is 55.8. The molecule has 0 saturated heterocycles. The van der Waals surface area contributed by atoms with Crippen LogP contribution in [0.5, 0.6) is 0 Å². The molecule has 0 spiro atoms. The minimum Gasteiger partial charge on any atom is -0.311 e. The molecule has 0 unspecified atom stereocenters. The highest BCUT2D eigenvalue weighted by Crippen LogP contribution is 2.51. The number of benzene rings is 17.